The number of carbonyl (C=O) groups is 1. The van der Waals surface area contributed by atoms with E-state index in [1.165, 1.54) is 0 Å². The summed E-state index contributed by atoms with van der Waals surface area (Å²) in [5.74, 6) is 1.78. The third-order valence-corrected chi connectivity index (χ3v) is 4.74. The Morgan fingerprint density at radius 1 is 1.08 bits per heavy atom. The number of anilines is 1. The summed E-state index contributed by atoms with van der Waals surface area (Å²) in [5.41, 5.74) is 0.700. The van der Waals surface area contributed by atoms with E-state index in [1.807, 2.05) is 23.1 Å². The lowest BCUT2D eigenvalue weighted by Crippen LogP contribution is -2.33. The fourth-order valence-corrected chi connectivity index (χ4v) is 3.46. The van der Waals surface area contributed by atoms with Crippen LogP contribution in [0.25, 0.3) is 0 Å². The van der Waals surface area contributed by atoms with Gasteiger partial charge in [-0.05, 0) is 42.9 Å². The molecule has 0 spiro atoms. The third-order valence-electron chi connectivity index (χ3n) is 4.74. The molecule has 1 N–H and O–H groups in total. The molecule has 0 bridgehead atoms. The molecule has 128 valence electrons. The van der Waals surface area contributed by atoms with Gasteiger partial charge in [0.15, 0.2) is 0 Å². The molecular weight excluding hydrogens is 316 g/mol. The molecule has 0 saturated carbocycles. The predicted octanol–water partition coefficient (Wildman–Crippen LogP) is 3.70. The molecule has 6 heteroatoms. The van der Waals surface area contributed by atoms with Crippen molar-refractivity contribution < 1.29 is 9.53 Å². The monoisotopic (exact) mass is 336 g/mol. The van der Waals surface area contributed by atoms with Crippen LogP contribution in [-0.2, 0) is 0 Å². The van der Waals surface area contributed by atoms with Gasteiger partial charge in [-0.1, -0.05) is 18.2 Å². The average Bonchev–Trinajstić information content (AvgIpc) is 3.07. The quantitative estimate of drug-likeness (QED) is 0.868. The largest absolute Gasteiger partial charge is 0.424 e. The summed E-state index contributed by atoms with van der Waals surface area (Å²) in [6, 6.07) is 9.22. The maximum absolute atomic E-state index is 12.6. The Kier molecular flexibility index (Phi) is 4.33. The summed E-state index contributed by atoms with van der Waals surface area (Å²) in [5, 5.41) is 2.97. The molecule has 25 heavy (non-hydrogen) atoms. The standard InChI is InChI=1S/C19H20N4O2/c24-19(23-12-14-5-1-2-6-15(14)13-23)22-16-7-3-8-17(11-16)25-18-20-9-4-10-21-18/h1-4,7-11,14-15H,5-6,12-13H2,(H,22,24)/t14-,15+. The van der Waals surface area contributed by atoms with Gasteiger partial charge in [0.05, 0.1) is 0 Å². The lowest BCUT2D eigenvalue weighted by Gasteiger charge is -2.17. The van der Waals surface area contributed by atoms with E-state index in [0.29, 0.717) is 23.3 Å². The second kappa shape index (κ2) is 6.93. The van der Waals surface area contributed by atoms with Crippen LogP contribution in [0.15, 0.2) is 54.9 Å². The topological polar surface area (TPSA) is 67.3 Å². The molecule has 2 aromatic rings. The molecule has 4 rings (SSSR count). The summed E-state index contributed by atoms with van der Waals surface area (Å²) < 4.78 is 5.61. The molecule has 0 radical (unpaired) electrons. The summed E-state index contributed by atoms with van der Waals surface area (Å²) >= 11 is 0. The number of hydrogen-bond acceptors (Lipinski definition) is 4. The van der Waals surface area contributed by atoms with Crippen LogP contribution < -0.4 is 10.1 Å². The van der Waals surface area contributed by atoms with Gasteiger partial charge in [-0.3, -0.25) is 0 Å². The van der Waals surface area contributed by atoms with Crippen molar-refractivity contribution in [3.8, 4) is 11.8 Å². The Morgan fingerprint density at radius 3 is 2.52 bits per heavy atom. The molecule has 2 amide bonds. The zero-order valence-corrected chi connectivity index (χ0v) is 13.8. The number of carbonyl (C=O) groups excluding carboxylic acids is 1. The number of hydrogen-bond donors (Lipinski definition) is 1. The predicted molar refractivity (Wildman–Crippen MR) is 94.5 cm³/mol. The summed E-state index contributed by atoms with van der Waals surface area (Å²) in [6.45, 7) is 1.66. The maximum Gasteiger partial charge on any atom is 0.321 e. The summed E-state index contributed by atoms with van der Waals surface area (Å²) in [6.07, 6.45) is 9.86. The highest BCUT2D eigenvalue weighted by Crippen LogP contribution is 2.33. The Balaban J connectivity index is 1.39. The van der Waals surface area contributed by atoms with Crippen molar-refractivity contribution in [2.45, 2.75) is 12.8 Å². The van der Waals surface area contributed by atoms with Crippen LogP contribution in [0.4, 0.5) is 10.5 Å². The van der Waals surface area contributed by atoms with E-state index in [-0.39, 0.29) is 12.0 Å². The Hall–Kier alpha value is -2.89. The van der Waals surface area contributed by atoms with Gasteiger partial charge >= 0.3 is 12.0 Å². The molecule has 6 nitrogen and oxygen atoms in total. The van der Waals surface area contributed by atoms with Crippen LogP contribution in [-0.4, -0.2) is 34.0 Å². The number of ether oxygens (including phenoxy) is 1. The Morgan fingerprint density at radius 2 is 1.80 bits per heavy atom. The minimum Gasteiger partial charge on any atom is -0.424 e. The molecule has 2 heterocycles. The van der Waals surface area contributed by atoms with Crippen LogP contribution in [0.3, 0.4) is 0 Å². The first kappa shape index (κ1) is 15.6. The van der Waals surface area contributed by atoms with Crippen LogP contribution in [0, 0.1) is 11.8 Å². The summed E-state index contributed by atoms with van der Waals surface area (Å²) in [4.78, 5) is 22.5. The second-order valence-corrected chi connectivity index (χ2v) is 6.46. The number of aromatic nitrogens is 2. The fourth-order valence-electron chi connectivity index (χ4n) is 3.46. The molecular formula is C19H20N4O2. The molecule has 1 aromatic carbocycles. The number of fused-ring (bicyclic) bond motifs is 1. The molecule has 1 aliphatic carbocycles. The molecule has 1 saturated heterocycles. The fraction of sp³-hybridized carbons (Fsp3) is 0.316. The SMILES string of the molecule is O=C(Nc1cccc(Oc2ncccn2)c1)N1C[C@H]2CC=CC[C@H]2C1. The normalized spacial score (nSPS) is 21.7. The molecule has 2 aliphatic rings. The number of nitrogens with zero attached hydrogens (tertiary/aromatic N) is 3. The van der Waals surface area contributed by atoms with E-state index >= 15 is 0 Å². The van der Waals surface area contributed by atoms with Gasteiger partial charge in [0.2, 0.25) is 0 Å². The Bertz CT molecular complexity index is 762. The van der Waals surface area contributed by atoms with Crippen molar-refractivity contribution in [2.75, 3.05) is 18.4 Å². The van der Waals surface area contributed by atoms with E-state index < -0.39 is 0 Å². The minimum atomic E-state index is -0.0532. The van der Waals surface area contributed by atoms with Crippen LogP contribution in [0.2, 0.25) is 0 Å². The van der Waals surface area contributed by atoms with Gasteiger partial charge in [-0.25, -0.2) is 14.8 Å². The number of rotatable bonds is 3. The molecule has 0 unspecified atom stereocenters. The molecule has 1 fully saturated rings. The van der Waals surface area contributed by atoms with Crippen molar-refractivity contribution >= 4 is 11.7 Å². The molecule has 1 aliphatic heterocycles. The van der Waals surface area contributed by atoms with Gasteiger partial charge in [0.1, 0.15) is 5.75 Å². The van der Waals surface area contributed by atoms with Gasteiger partial charge < -0.3 is 15.0 Å². The van der Waals surface area contributed by atoms with Crippen LogP contribution in [0.5, 0.6) is 11.8 Å². The van der Waals surface area contributed by atoms with Crippen LogP contribution >= 0.6 is 0 Å². The summed E-state index contributed by atoms with van der Waals surface area (Å²) in [7, 11) is 0. The number of allylic oxidation sites excluding steroid dienone is 2. The number of benzene rings is 1. The second-order valence-electron chi connectivity index (χ2n) is 6.46. The highest BCUT2D eigenvalue weighted by atomic mass is 16.5. The molecule has 1 aromatic heterocycles. The number of nitrogens with one attached hydrogen (secondary N) is 1. The third kappa shape index (κ3) is 3.63. The zero-order chi connectivity index (χ0) is 17.1. The molecule has 2 atom stereocenters. The van der Waals surface area contributed by atoms with E-state index in [9.17, 15) is 4.79 Å². The Labute approximate surface area is 146 Å². The average molecular weight is 336 g/mol. The smallest absolute Gasteiger partial charge is 0.321 e. The van der Waals surface area contributed by atoms with Crippen molar-refractivity contribution in [3.05, 3.63) is 54.9 Å². The highest BCUT2D eigenvalue weighted by Gasteiger charge is 2.35. The van der Waals surface area contributed by atoms with Crippen LogP contribution in [0.1, 0.15) is 12.8 Å². The first-order valence-electron chi connectivity index (χ1n) is 8.54. The van der Waals surface area contributed by atoms with E-state index in [2.05, 4.69) is 27.4 Å². The van der Waals surface area contributed by atoms with Crippen molar-refractivity contribution in [2.24, 2.45) is 11.8 Å². The van der Waals surface area contributed by atoms with Gasteiger partial charge in [0, 0.05) is 37.2 Å². The zero-order valence-electron chi connectivity index (χ0n) is 13.8. The van der Waals surface area contributed by atoms with Gasteiger partial charge in [0.25, 0.3) is 0 Å². The first-order chi connectivity index (χ1) is 12.3. The van der Waals surface area contributed by atoms with Gasteiger partial charge in [-0.2, -0.15) is 0 Å². The maximum atomic E-state index is 12.6. The van der Waals surface area contributed by atoms with E-state index in [1.54, 1.807) is 24.5 Å². The number of urea groups is 1. The van der Waals surface area contributed by atoms with Crippen molar-refractivity contribution in [1.82, 2.24) is 14.9 Å². The highest BCUT2D eigenvalue weighted by molar-refractivity contribution is 5.89. The van der Waals surface area contributed by atoms with Crippen molar-refractivity contribution in [3.63, 3.8) is 0 Å². The first-order valence-corrected chi connectivity index (χ1v) is 8.54. The van der Waals surface area contributed by atoms with Gasteiger partial charge in [-0.15, -0.1) is 0 Å². The number of likely N-dealkylation sites (tertiary alicyclic amines) is 1. The van der Waals surface area contributed by atoms with E-state index in [0.717, 1.165) is 25.9 Å². The van der Waals surface area contributed by atoms with Crippen molar-refractivity contribution in [1.29, 1.82) is 0 Å². The number of amides is 2. The van der Waals surface area contributed by atoms with E-state index in [4.69, 9.17) is 4.74 Å². The lowest BCUT2D eigenvalue weighted by atomic mass is 9.86. The minimum absolute atomic E-state index is 0.0532. The lowest BCUT2D eigenvalue weighted by molar-refractivity contribution is 0.220.